The summed E-state index contributed by atoms with van der Waals surface area (Å²) in [5, 5.41) is 9.74. The molecule has 0 bridgehead atoms. The van der Waals surface area contributed by atoms with E-state index in [1.807, 2.05) is 21.1 Å². The third-order valence-electron chi connectivity index (χ3n) is 6.30. The summed E-state index contributed by atoms with van der Waals surface area (Å²) in [4.78, 5) is 80.5. The Morgan fingerprint density at radius 3 is 2.24 bits per heavy atom. The van der Waals surface area contributed by atoms with Gasteiger partial charge < -0.3 is 29.6 Å². The fraction of sp³-hybridized carbons (Fsp3) is 0.538. The molecule has 46 heavy (non-hydrogen) atoms. The zero-order valence-electron chi connectivity index (χ0n) is 25.4. The van der Waals surface area contributed by atoms with E-state index in [1.165, 1.54) is 38.6 Å². The maximum Gasteiger partial charge on any atom is 0.334 e. The number of nitrogens with one attached hydrogen (secondary N) is 1. The highest BCUT2D eigenvalue weighted by molar-refractivity contribution is 8.76. The molecule has 1 aromatic rings. The van der Waals surface area contributed by atoms with Crippen LogP contribution in [0.4, 0.5) is 0 Å². The molecule has 0 radical (unpaired) electrons. The number of hydrogen-bond donors (Lipinski definition) is 3. The number of imide groups is 2. The zero-order valence-corrected chi connectivity index (χ0v) is 28.7. The molecule has 16 nitrogen and oxygen atoms in total. The van der Waals surface area contributed by atoms with Crippen LogP contribution in [-0.2, 0) is 50.1 Å². The molecule has 1 unspecified atom stereocenters. The van der Waals surface area contributed by atoms with Gasteiger partial charge in [0.25, 0.3) is 11.8 Å². The van der Waals surface area contributed by atoms with Crippen molar-refractivity contribution in [2.45, 2.75) is 37.0 Å². The topological polar surface area (TPSA) is 234 Å². The standard InChI is InChI=1S/C26H37N5O11S3.ClH/c1-31(2,3)11-10-29(19(25(37)28-21(33)16-27)14-17-4-6-18(32)7-5-17)22(34)8-12-43-44-13-9-24(36)42-30-23(35)15-20(26(30)38)45(39,40)41;/h4-7,19-20H,8-16,27H2,1-3H3,(H2-,28,32,33,37,39,40,41);1H/t19-,20?;/m0./s1. The molecule has 1 heterocycles. The summed E-state index contributed by atoms with van der Waals surface area (Å²) in [5.74, 6) is -4.81. The van der Waals surface area contributed by atoms with E-state index < -0.39 is 64.0 Å². The number of benzene rings is 1. The number of rotatable bonds is 17. The number of nitrogens with two attached hydrogens (primary N) is 1. The van der Waals surface area contributed by atoms with E-state index in [1.54, 1.807) is 12.1 Å². The Morgan fingerprint density at radius 1 is 1.13 bits per heavy atom. The van der Waals surface area contributed by atoms with Crippen molar-refractivity contribution >= 4 is 79.6 Å². The third kappa shape index (κ3) is 13.4. The van der Waals surface area contributed by atoms with E-state index >= 15 is 0 Å². The summed E-state index contributed by atoms with van der Waals surface area (Å²) < 4.78 is 33.8. The van der Waals surface area contributed by atoms with Crippen LogP contribution in [-0.4, -0.2) is 132 Å². The van der Waals surface area contributed by atoms with Gasteiger partial charge in [0, 0.05) is 24.3 Å². The minimum absolute atomic E-state index is 0. The highest BCUT2D eigenvalue weighted by Crippen LogP contribution is 2.25. The number of phenols is 1. The minimum Gasteiger partial charge on any atom is -0.747 e. The zero-order chi connectivity index (χ0) is 33.9. The van der Waals surface area contributed by atoms with E-state index in [0.29, 0.717) is 16.6 Å². The molecule has 1 aromatic carbocycles. The lowest BCUT2D eigenvalue weighted by Gasteiger charge is -2.34. The number of quaternary nitrogens is 1. The molecule has 2 rings (SSSR count). The number of hydrogen-bond acceptors (Lipinski definition) is 14. The molecule has 0 aromatic heterocycles. The first-order chi connectivity index (χ1) is 20.9. The third-order valence-corrected chi connectivity index (χ3v) is 9.77. The van der Waals surface area contributed by atoms with Crippen LogP contribution >= 0.6 is 34.0 Å². The van der Waals surface area contributed by atoms with Gasteiger partial charge in [0.1, 0.15) is 27.2 Å². The van der Waals surface area contributed by atoms with Crippen molar-refractivity contribution in [1.29, 1.82) is 0 Å². The Kier molecular flexibility index (Phi) is 16.4. The fourth-order valence-electron chi connectivity index (χ4n) is 3.90. The van der Waals surface area contributed by atoms with Gasteiger partial charge in [0.2, 0.25) is 17.7 Å². The van der Waals surface area contributed by atoms with Gasteiger partial charge in [0.05, 0.1) is 53.6 Å². The first kappa shape index (κ1) is 41.1. The van der Waals surface area contributed by atoms with Crippen molar-refractivity contribution in [3.05, 3.63) is 29.8 Å². The maximum absolute atomic E-state index is 13.5. The van der Waals surface area contributed by atoms with Crippen LogP contribution in [0.2, 0.25) is 0 Å². The SMILES string of the molecule is C[N+](C)(C)CCN(C(=O)CCSSCCC(=O)ON1C(=O)CC(S(=O)(=O)[O-])C1=O)[C@@H](Cc1ccc(O)cc1)C(=O)NC(=O)CN.Cl. The Hall–Kier alpha value is -2.94. The normalized spacial score (nSPS) is 15.6. The first-order valence-corrected chi connectivity index (χ1v) is 17.6. The van der Waals surface area contributed by atoms with Crippen LogP contribution in [0, 0.1) is 0 Å². The molecule has 20 heteroatoms. The van der Waals surface area contributed by atoms with E-state index in [-0.39, 0.29) is 66.4 Å². The van der Waals surface area contributed by atoms with Crippen molar-refractivity contribution in [3.8, 4) is 5.75 Å². The smallest absolute Gasteiger partial charge is 0.334 e. The maximum atomic E-state index is 13.5. The highest BCUT2D eigenvalue weighted by atomic mass is 35.5. The first-order valence-electron chi connectivity index (χ1n) is 13.6. The van der Waals surface area contributed by atoms with Crippen molar-refractivity contribution < 1.29 is 56.2 Å². The second-order valence-electron chi connectivity index (χ2n) is 10.9. The van der Waals surface area contributed by atoms with Crippen LogP contribution in [0.5, 0.6) is 5.75 Å². The van der Waals surface area contributed by atoms with Gasteiger partial charge in [-0.25, -0.2) is 13.2 Å². The number of phenolic OH excluding ortho intramolecular Hbond substituents is 1. The molecule has 1 aliphatic heterocycles. The fourth-order valence-corrected chi connectivity index (χ4v) is 6.54. The lowest BCUT2D eigenvalue weighted by atomic mass is 10.0. The largest absolute Gasteiger partial charge is 0.747 e. The Balaban J connectivity index is 0.0000106. The lowest BCUT2D eigenvalue weighted by Crippen LogP contribution is -2.55. The van der Waals surface area contributed by atoms with Gasteiger partial charge >= 0.3 is 5.97 Å². The van der Waals surface area contributed by atoms with E-state index in [2.05, 4.69) is 10.2 Å². The molecule has 1 fully saturated rings. The van der Waals surface area contributed by atoms with Crippen molar-refractivity contribution in [1.82, 2.24) is 15.3 Å². The highest BCUT2D eigenvalue weighted by Gasteiger charge is 2.45. The van der Waals surface area contributed by atoms with Crippen molar-refractivity contribution in [2.75, 3.05) is 52.3 Å². The number of carbonyl (C=O) groups excluding carboxylic acids is 6. The molecule has 0 aliphatic carbocycles. The summed E-state index contributed by atoms with van der Waals surface area (Å²) >= 11 is 0. The van der Waals surface area contributed by atoms with Gasteiger partial charge in [0.15, 0.2) is 0 Å². The van der Waals surface area contributed by atoms with Gasteiger partial charge in [-0.3, -0.25) is 29.3 Å². The molecular formula is C26H38ClN5O11S3. The average molecular weight is 728 g/mol. The van der Waals surface area contributed by atoms with E-state index in [9.17, 15) is 46.8 Å². The number of halogens is 1. The molecule has 1 aliphatic rings. The van der Waals surface area contributed by atoms with Crippen molar-refractivity contribution in [2.24, 2.45) is 5.73 Å². The molecular weight excluding hydrogens is 690 g/mol. The predicted molar refractivity (Wildman–Crippen MR) is 170 cm³/mol. The van der Waals surface area contributed by atoms with Crippen LogP contribution in [0.25, 0.3) is 0 Å². The quantitative estimate of drug-likeness (QED) is 0.0584. The molecule has 1 saturated heterocycles. The minimum atomic E-state index is -5.08. The van der Waals surface area contributed by atoms with Gasteiger partial charge in [-0.05, 0) is 17.7 Å². The molecule has 0 spiro atoms. The molecule has 4 N–H and O–H groups in total. The van der Waals surface area contributed by atoms with E-state index in [0.717, 1.165) is 0 Å². The second-order valence-corrected chi connectivity index (χ2v) is 15.2. The number of amides is 5. The van der Waals surface area contributed by atoms with Crippen LogP contribution < -0.4 is 11.1 Å². The van der Waals surface area contributed by atoms with Gasteiger partial charge in [-0.1, -0.05) is 33.7 Å². The summed E-state index contributed by atoms with van der Waals surface area (Å²) in [6.07, 6.45) is -1.09. The number of likely N-dealkylation sites (N-methyl/N-ethyl adjacent to an activating group) is 1. The molecule has 5 amide bonds. The Morgan fingerprint density at radius 2 is 1.72 bits per heavy atom. The average Bonchev–Trinajstić information content (AvgIpc) is 3.23. The Labute approximate surface area is 280 Å². The van der Waals surface area contributed by atoms with Gasteiger partial charge in [-0.15, -0.1) is 17.5 Å². The summed E-state index contributed by atoms with van der Waals surface area (Å²) in [6.45, 7) is 0.268. The van der Waals surface area contributed by atoms with Crippen LogP contribution in [0.3, 0.4) is 0 Å². The summed E-state index contributed by atoms with van der Waals surface area (Å²) in [6, 6.07) is 5.07. The Bertz CT molecular complexity index is 1370. The molecule has 258 valence electrons. The monoisotopic (exact) mass is 727 g/mol. The lowest BCUT2D eigenvalue weighted by molar-refractivity contribution is -0.869. The second kappa shape index (κ2) is 18.4. The number of hydroxylamine groups is 2. The van der Waals surface area contributed by atoms with Crippen molar-refractivity contribution in [3.63, 3.8) is 0 Å². The number of aromatic hydroxyl groups is 1. The van der Waals surface area contributed by atoms with Crippen LogP contribution in [0.1, 0.15) is 24.8 Å². The molecule has 2 atom stereocenters. The number of nitrogens with zero attached hydrogens (tertiary/aromatic N) is 3. The predicted octanol–water partition coefficient (Wildman–Crippen LogP) is -0.846. The van der Waals surface area contributed by atoms with E-state index in [4.69, 9.17) is 5.73 Å². The summed E-state index contributed by atoms with van der Waals surface area (Å²) in [5.41, 5.74) is 6.01. The molecule has 0 saturated carbocycles. The number of carbonyl (C=O) groups is 6. The van der Waals surface area contributed by atoms with Gasteiger partial charge in [-0.2, -0.15) is 0 Å². The summed E-state index contributed by atoms with van der Waals surface area (Å²) in [7, 11) is 3.12. The van der Waals surface area contributed by atoms with Crippen LogP contribution in [0.15, 0.2) is 24.3 Å².